The zero-order valence-electron chi connectivity index (χ0n) is 13.5. The Morgan fingerprint density at radius 1 is 1.20 bits per heavy atom. The lowest BCUT2D eigenvalue weighted by Gasteiger charge is -2.04. The average Bonchev–Trinajstić information content (AvgIpc) is 3.11. The van der Waals surface area contributed by atoms with Gasteiger partial charge in [0, 0.05) is 18.5 Å². The van der Waals surface area contributed by atoms with E-state index in [4.69, 9.17) is 9.26 Å². The molecule has 7 heteroatoms. The Hall–Kier alpha value is -3.22. The molecule has 2 aromatic carbocycles. The molecule has 0 fully saturated rings. The van der Waals surface area contributed by atoms with E-state index in [1.807, 2.05) is 12.1 Å². The third-order valence-corrected chi connectivity index (χ3v) is 3.56. The molecule has 3 rings (SSSR count). The van der Waals surface area contributed by atoms with Crippen LogP contribution in [0.2, 0.25) is 0 Å². The van der Waals surface area contributed by atoms with Gasteiger partial charge >= 0.3 is 0 Å². The van der Waals surface area contributed by atoms with Crippen LogP contribution in [0.4, 0.5) is 4.39 Å². The molecular formula is C18H16FN3O3. The second-order valence-electron chi connectivity index (χ2n) is 5.23. The van der Waals surface area contributed by atoms with Crippen LogP contribution in [0.25, 0.3) is 11.4 Å². The number of rotatable bonds is 6. The standard InChI is InChI=1S/C18H16FN3O3/c1-24-13-8-6-12(7-9-13)17-21-16(25-22-17)10-11-20-18(23)14-4-2-3-5-15(14)19/h2-9H,10-11H2,1H3,(H,20,23). The SMILES string of the molecule is COc1ccc(-c2noc(CCNC(=O)c3ccccc3F)n2)cc1. The summed E-state index contributed by atoms with van der Waals surface area (Å²) in [7, 11) is 1.59. The first-order valence-electron chi connectivity index (χ1n) is 7.67. The van der Waals surface area contributed by atoms with Gasteiger partial charge in [-0.25, -0.2) is 4.39 Å². The van der Waals surface area contributed by atoms with Crippen LogP contribution in [0.1, 0.15) is 16.2 Å². The van der Waals surface area contributed by atoms with Crippen LogP contribution in [-0.2, 0) is 6.42 Å². The number of methoxy groups -OCH3 is 1. The number of carbonyl (C=O) groups excluding carboxylic acids is 1. The highest BCUT2D eigenvalue weighted by Crippen LogP contribution is 2.19. The molecule has 0 saturated carbocycles. The maximum Gasteiger partial charge on any atom is 0.254 e. The van der Waals surface area contributed by atoms with Crippen molar-refractivity contribution in [1.29, 1.82) is 0 Å². The van der Waals surface area contributed by atoms with Crippen molar-refractivity contribution >= 4 is 5.91 Å². The van der Waals surface area contributed by atoms with Gasteiger partial charge in [-0.05, 0) is 36.4 Å². The fourth-order valence-electron chi connectivity index (χ4n) is 2.24. The zero-order valence-corrected chi connectivity index (χ0v) is 13.5. The van der Waals surface area contributed by atoms with Crippen LogP contribution in [0.3, 0.4) is 0 Å². The van der Waals surface area contributed by atoms with Gasteiger partial charge in [-0.3, -0.25) is 4.79 Å². The van der Waals surface area contributed by atoms with Crippen molar-refractivity contribution in [2.24, 2.45) is 0 Å². The Kier molecular flexibility index (Phi) is 5.03. The maximum absolute atomic E-state index is 13.5. The number of nitrogens with one attached hydrogen (secondary N) is 1. The number of aromatic nitrogens is 2. The summed E-state index contributed by atoms with van der Waals surface area (Å²) in [6.45, 7) is 0.261. The van der Waals surface area contributed by atoms with E-state index in [0.29, 0.717) is 18.1 Å². The molecule has 0 spiro atoms. The molecule has 0 atom stereocenters. The van der Waals surface area contributed by atoms with E-state index in [2.05, 4.69) is 15.5 Å². The molecule has 0 bridgehead atoms. The summed E-state index contributed by atoms with van der Waals surface area (Å²) < 4.78 is 23.8. The number of hydrogen-bond acceptors (Lipinski definition) is 5. The van der Waals surface area contributed by atoms with E-state index in [0.717, 1.165) is 11.3 Å². The van der Waals surface area contributed by atoms with Gasteiger partial charge in [0.15, 0.2) is 0 Å². The Morgan fingerprint density at radius 2 is 1.96 bits per heavy atom. The molecule has 1 heterocycles. The number of ether oxygens (including phenoxy) is 1. The molecule has 1 aromatic heterocycles. The Labute approximate surface area is 143 Å². The molecule has 0 saturated heterocycles. The van der Waals surface area contributed by atoms with Gasteiger partial charge in [-0.1, -0.05) is 17.3 Å². The minimum Gasteiger partial charge on any atom is -0.497 e. The quantitative estimate of drug-likeness (QED) is 0.746. The van der Waals surface area contributed by atoms with Crippen molar-refractivity contribution in [1.82, 2.24) is 15.5 Å². The van der Waals surface area contributed by atoms with E-state index < -0.39 is 11.7 Å². The number of benzene rings is 2. The maximum atomic E-state index is 13.5. The van der Waals surface area contributed by atoms with Gasteiger partial charge in [0.05, 0.1) is 12.7 Å². The molecule has 25 heavy (non-hydrogen) atoms. The topological polar surface area (TPSA) is 77.3 Å². The number of amides is 1. The molecule has 0 unspecified atom stereocenters. The van der Waals surface area contributed by atoms with Gasteiger partial charge < -0.3 is 14.6 Å². The largest absolute Gasteiger partial charge is 0.497 e. The van der Waals surface area contributed by atoms with Crippen molar-refractivity contribution < 1.29 is 18.4 Å². The Bertz CT molecular complexity index is 862. The molecule has 0 aliphatic heterocycles. The molecular weight excluding hydrogens is 325 g/mol. The number of carbonyl (C=O) groups is 1. The van der Waals surface area contributed by atoms with E-state index in [-0.39, 0.29) is 12.1 Å². The zero-order chi connectivity index (χ0) is 17.6. The lowest BCUT2D eigenvalue weighted by atomic mass is 10.2. The highest BCUT2D eigenvalue weighted by Gasteiger charge is 2.12. The second-order valence-corrected chi connectivity index (χ2v) is 5.23. The van der Waals surface area contributed by atoms with Crippen LogP contribution in [0.5, 0.6) is 5.75 Å². The third-order valence-electron chi connectivity index (χ3n) is 3.56. The van der Waals surface area contributed by atoms with Gasteiger partial charge in [-0.15, -0.1) is 0 Å². The lowest BCUT2D eigenvalue weighted by Crippen LogP contribution is -2.26. The van der Waals surface area contributed by atoms with Gasteiger partial charge in [0.1, 0.15) is 11.6 Å². The van der Waals surface area contributed by atoms with Crippen LogP contribution in [-0.4, -0.2) is 29.7 Å². The average molecular weight is 341 g/mol. The summed E-state index contributed by atoms with van der Waals surface area (Å²) in [6, 6.07) is 13.1. The molecule has 1 amide bonds. The van der Waals surface area contributed by atoms with Crippen LogP contribution in [0, 0.1) is 5.82 Å². The first-order chi connectivity index (χ1) is 12.2. The van der Waals surface area contributed by atoms with Crippen LogP contribution < -0.4 is 10.1 Å². The Morgan fingerprint density at radius 3 is 2.68 bits per heavy atom. The third kappa shape index (κ3) is 4.00. The van der Waals surface area contributed by atoms with Gasteiger partial charge in [0.2, 0.25) is 11.7 Å². The van der Waals surface area contributed by atoms with Crippen molar-refractivity contribution in [3.8, 4) is 17.1 Å². The lowest BCUT2D eigenvalue weighted by molar-refractivity contribution is 0.0949. The van der Waals surface area contributed by atoms with E-state index in [9.17, 15) is 9.18 Å². The fourth-order valence-corrected chi connectivity index (χ4v) is 2.24. The summed E-state index contributed by atoms with van der Waals surface area (Å²) in [5, 5.41) is 6.54. The Balaban J connectivity index is 1.56. The van der Waals surface area contributed by atoms with Crippen molar-refractivity contribution in [3.63, 3.8) is 0 Å². The van der Waals surface area contributed by atoms with E-state index in [1.54, 1.807) is 25.3 Å². The van der Waals surface area contributed by atoms with Crippen LogP contribution in [0.15, 0.2) is 53.1 Å². The van der Waals surface area contributed by atoms with Crippen LogP contribution >= 0.6 is 0 Å². The highest BCUT2D eigenvalue weighted by atomic mass is 19.1. The summed E-state index contributed by atoms with van der Waals surface area (Å²) >= 11 is 0. The smallest absolute Gasteiger partial charge is 0.254 e. The van der Waals surface area contributed by atoms with Crippen molar-refractivity contribution in [3.05, 3.63) is 65.8 Å². The molecule has 6 nitrogen and oxygen atoms in total. The monoisotopic (exact) mass is 341 g/mol. The summed E-state index contributed by atoms with van der Waals surface area (Å²) in [5.41, 5.74) is 0.804. The van der Waals surface area contributed by atoms with E-state index in [1.165, 1.54) is 18.2 Å². The normalized spacial score (nSPS) is 10.5. The molecule has 3 aromatic rings. The molecule has 0 aliphatic carbocycles. The van der Waals surface area contributed by atoms with E-state index >= 15 is 0 Å². The molecule has 1 N–H and O–H groups in total. The van der Waals surface area contributed by atoms with Crippen molar-refractivity contribution in [2.45, 2.75) is 6.42 Å². The number of nitrogens with zero attached hydrogens (tertiary/aromatic N) is 2. The first-order valence-corrected chi connectivity index (χ1v) is 7.67. The summed E-state index contributed by atoms with van der Waals surface area (Å²) in [4.78, 5) is 16.2. The summed E-state index contributed by atoms with van der Waals surface area (Å²) in [6.07, 6.45) is 0.351. The van der Waals surface area contributed by atoms with Crippen molar-refractivity contribution in [2.75, 3.05) is 13.7 Å². The molecule has 0 aliphatic rings. The fraction of sp³-hybridized carbons (Fsp3) is 0.167. The minimum absolute atomic E-state index is 0.00644. The van der Waals surface area contributed by atoms with Gasteiger partial charge in [0.25, 0.3) is 5.91 Å². The first kappa shape index (κ1) is 16.6. The second kappa shape index (κ2) is 7.57. The minimum atomic E-state index is -0.556. The predicted octanol–water partition coefficient (Wildman–Crippen LogP) is 2.86. The predicted molar refractivity (Wildman–Crippen MR) is 88.7 cm³/mol. The highest BCUT2D eigenvalue weighted by molar-refractivity contribution is 5.94. The number of halogens is 1. The molecule has 0 radical (unpaired) electrons. The molecule has 128 valence electrons. The van der Waals surface area contributed by atoms with Gasteiger partial charge in [-0.2, -0.15) is 4.98 Å². The number of hydrogen-bond donors (Lipinski definition) is 1. The summed E-state index contributed by atoms with van der Waals surface area (Å²) in [5.74, 6) is 0.550.